The predicted octanol–water partition coefficient (Wildman–Crippen LogP) is 3.46. The molecule has 1 saturated carbocycles. The van der Waals surface area contributed by atoms with E-state index in [1.54, 1.807) is 0 Å². The van der Waals surface area contributed by atoms with Gasteiger partial charge >= 0.3 is 0 Å². The van der Waals surface area contributed by atoms with Crippen molar-refractivity contribution < 1.29 is 0 Å². The van der Waals surface area contributed by atoms with Crippen LogP contribution in [0.5, 0.6) is 0 Å². The van der Waals surface area contributed by atoms with Gasteiger partial charge in [0, 0.05) is 11.9 Å². The molecule has 0 bridgehead atoms. The van der Waals surface area contributed by atoms with E-state index in [1.165, 1.54) is 0 Å². The minimum absolute atomic E-state index is 0.290. The normalized spacial score (nSPS) is 17.3. The highest BCUT2D eigenvalue weighted by Gasteiger charge is 2.48. The number of hydrogen-bond donors (Lipinski definition) is 0. The van der Waals surface area contributed by atoms with Crippen molar-refractivity contribution in [1.82, 2.24) is 4.40 Å². The Morgan fingerprint density at radius 3 is 2.81 bits per heavy atom. The van der Waals surface area contributed by atoms with Gasteiger partial charge in [0.05, 0.1) is 22.0 Å². The van der Waals surface area contributed by atoms with E-state index in [0.29, 0.717) is 0 Å². The third-order valence-electron chi connectivity index (χ3n) is 3.43. The van der Waals surface area contributed by atoms with Gasteiger partial charge in [-0.25, -0.2) is 0 Å². The number of nitrogens with zero attached hydrogens (tertiary/aromatic N) is 2. The fourth-order valence-corrected chi connectivity index (χ4v) is 2.65. The SMILES string of the molecule is Cc1c(Cl)c2ccccn2c1C1(C#N)CC1. The van der Waals surface area contributed by atoms with Crippen molar-refractivity contribution in [3.63, 3.8) is 0 Å². The van der Waals surface area contributed by atoms with Gasteiger partial charge < -0.3 is 4.40 Å². The van der Waals surface area contributed by atoms with E-state index in [0.717, 1.165) is 34.6 Å². The Morgan fingerprint density at radius 2 is 2.19 bits per heavy atom. The molecule has 0 atom stereocenters. The van der Waals surface area contributed by atoms with Crippen LogP contribution in [0.25, 0.3) is 5.52 Å². The van der Waals surface area contributed by atoms with Crippen molar-refractivity contribution in [1.29, 1.82) is 5.26 Å². The molecule has 2 aromatic rings. The summed E-state index contributed by atoms with van der Waals surface area (Å²) >= 11 is 6.31. The number of aromatic nitrogens is 1. The molecule has 0 aromatic carbocycles. The lowest BCUT2D eigenvalue weighted by molar-refractivity contribution is 0.827. The average Bonchev–Trinajstić information content (AvgIpc) is 3.05. The average molecular weight is 231 g/mol. The molecule has 1 aliphatic carbocycles. The van der Waals surface area contributed by atoms with Crippen molar-refractivity contribution in [3.8, 4) is 6.07 Å². The summed E-state index contributed by atoms with van der Waals surface area (Å²) in [5.41, 5.74) is 2.84. The van der Waals surface area contributed by atoms with Crippen LogP contribution in [0.15, 0.2) is 24.4 Å². The third kappa shape index (κ3) is 1.07. The highest BCUT2D eigenvalue weighted by atomic mass is 35.5. The van der Waals surface area contributed by atoms with Gasteiger partial charge in [-0.2, -0.15) is 5.26 Å². The first kappa shape index (κ1) is 9.74. The van der Waals surface area contributed by atoms with Gasteiger partial charge in [-0.1, -0.05) is 17.7 Å². The molecule has 1 aliphatic rings. The number of halogens is 1. The molecule has 2 aromatic heterocycles. The molecule has 0 saturated heterocycles. The molecular weight excluding hydrogens is 220 g/mol. The Labute approximate surface area is 99.1 Å². The van der Waals surface area contributed by atoms with E-state index in [1.807, 2.05) is 31.3 Å². The Kier molecular flexibility index (Phi) is 1.84. The Bertz CT molecular complexity index is 615. The zero-order chi connectivity index (χ0) is 11.3. The van der Waals surface area contributed by atoms with Crippen LogP contribution in [0.2, 0.25) is 5.02 Å². The van der Waals surface area contributed by atoms with Gasteiger partial charge in [0.25, 0.3) is 0 Å². The lowest BCUT2D eigenvalue weighted by Gasteiger charge is -2.08. The van der Waals surface area contributed by atoms with E-state index < -0.39 is 0 Å². The summed E-state index contributed by atoms with van der Waals surface area (Å²) in [5.74, 6) is 0. The van der Waals surface area contributed by atoms with Crippen LogP contribution < -0.4 is 0 Å². The van der Waals surface area contributed by atoms with Crippen LogP contribution in [0.3, 0.4) is 0 Å². The first-order chi connectivity index (χ1) is 7.69. The molecule has 0 spiro atoms. The van der Waals surface area contributed by atoms with E-state index in [2.05, 4.69) is 10.5 Å². The highest BCUT2D eigenvalue weighted by Crippen LogP contribution is 2.50. The minimum atomic E-state index is -0.290. The quantitative estimate of drug-likeness (QED) is 0.738. The first-order valence-electron chi connectivity index (χ1n) is 5.36. The molecule has 2 heterocycles. The van der Waals surface area contributed by atoms with E-state index >= 15 is 0 Å². The summed E-state index contributed by atoms with van der Waals surface area (Å²) in [6, 6.07) is 8.37. The largest absolute Gasteiger partial charge is 0.317 e. The van der Waals surface area contributed by atoms with Crippen LogP contribution >= 0.6 is 11.6 Å². The molecular formula is C13H11ClN2. The third-order valence-corrected chi connectivity index (χ3v) is 3.90. The number of rotatable bonds is 1. The number of hydrogen-bond acceptors (Lipinski definition) is 1. The maximum atomic E-state index is 9.30. The van der Waals surface area contributed by atoms with Crippen molar-refractivity contribution in [2.45, 2.75) is 25.2 Å². The van der Waals surface area contributed by atoms with E-state index in [4.69, 9.17) is 11.6 Å². The minimum Gasteiger partial charge on any atom is -0.317 e. The second-order valence-electron chi connectivity index (χ2n) is 4.44. The summed E-state index contributed by atoms with van der Waals surface area (Å²) in [7, 11) is 0. The molecule has 0 N–H and O–H groups in total. The zero-order valence-corrected chi connectivity index (χ0v) is 9.75. The number of fused-ring (bicyclic) bond motifs is 1. The van der Waals surface area contributed by atoms with Crippen molar-refractivity contribution in [3.05, 3.63) is 40.7 Å². The second kappa shape index (κ2) is 3.02. The Hall–Kier alpha value is -1.46. The molecule has 3 heteroatoms. The summed E-state index contributed by atoms with van der Waals surface area (Å²) in [6.07, 6.45) is 3.88. The maximum absolute atomic E-state index is 9.30. The van der Waals surface area contributed by atoms with Gasteiger partial charge in [-0.15, -0.1) is 0 Å². The fraction of sp³-hybridized carbons (Fsp3) is 0.308. The van der Waals surface area contributed by atoms with Crippen LogP contribution in [-0.4, -0.2) is 4.40 Å². The van der Waals surface area contributed by atoms with Crippen molar-refractivity contribution >= 4 is 17.1 Å². The lowest BCUT2D eigenvalue weighted by atomic mass is 10.0. The maximum Gasteiger partial charge on any atom is 0.0981 e. The van der Waals surface area contributed by atoms with E-state index in [9.17, 15) is 5.26 Å². The molecule has 0 unspecified atom stereocenters. The molecule has 0 radical (unpaired) electrons. The topological polar surface area (TPSA) is 28.2 Å². The summed E-state index contributed by atoms with van der Waals surface area (Å²) in [6.45, 7) is 2.00. The van der Waals surface area contributed by atoms with Crippen LogP contribution in [0, 0.1) is 18.3 Å². The van der Waals surface area contributed by atoms with Crippen LogP contribution in [-0.2, 0) is 5.41 Å². The molecule has 3 rings (SSSR count). The zero-order valence-electron chi connectivity index (χ0n) is 9.00. The molecule has 0 amide bonds. The first-order valence-corrected chi connectivity index (χ1v) is 5.74. The molecule has 16 heavy (non-hydrogen) atoms. The second-order valence-corrected chi connectivity index (χ2v) is 4.82. The van der Waals surface area contributed by atoms with Crippen molar-refractivity contribution in [2.75, 3.05) is 0 Å². The highest BCUT2D eigenvalue weighted by molar-refractivity contribution is 6.35. The Morgan fingerprint density at radius 1 is 1.44 bits per heavy atom. The van der Waals surface area contributed by atoms with Crippen LogP contribution in [0.1, 0.15) is 24.1 Å². The van der Waals surface area contributed by atoms with E-state index in [-0.39, 0.29) is 5.41 Å². The molecule has 1 fully saturated rings. The van der Waals surface area contributed by atoms with Gasteiger partial charge in [-0.05, 0) is 37.5 Å². The predicted molar refractivity (Wildman–Crippen MR) is 63.7 cm³/mol. The van der Waals surface area contributed by atoms with Gasteiger partial charge in [0.1, 0.15) is 0 Å². The fourth-order valence-electron chi connectivity index (χ4n) is 2.41. The molecule has 2 nitrogen and oxygen atoms in total. The Balaban J connectivity index is 2.41. The lowest BCUT2D eigenvalue weighted by Crippen LogP contribution is -2.08. The standard InChI is InChI=1S/C13H11ClN2/c1-9-11(14)10-4-2-3-7-16(10)12(9)13(8-15)5-6-13/h2-4,7H,5-6H2,1H3. The molecule has 0 aliphatic heterocycles. The summed E-state index contributed by atoms with van der Waals surface area (Å²) in [5, 5.41) is 10.1. The van der Waals surface area contributed by atoms with Gasteiger partial charge in [0.2, 0.25) is 0 Å². The van der Waals surface area contributed by atoms with Gasteiger partial charge in [-0.3, -0.25) is 0 Å². The summed E-state index contributed by atoms with van der Waals surface area (Å²) in [4.78, 5) is 0. The van der Waals surface area contributed by atoms with Crippen molar-refractivity contribution in [2.24, 2.45) is 0 Å². The smallest absolute Gasteiger partial charge is 0.0981 e. The van der Waals surface area contributed by atoms with Crippen LogP contribution in [0.4, 0.5) is 0 Å². The monoisotopic (exact) mass is 230 g/mol. The number of pyridine rings is 1. The number of nitriles is 1. The molecule has 80 valence electrons. The summed E-state index contributed by atoms with van der Waals surface area (Å²) < 4.78 is 2.06. The van der Waals surface area contributed by atoms with Gasteiger partial charge in [0.15, 0.2) is 0 Å².